The molecule has 0 heterocycles. The van der Waals surface area contributed by atoms with Crippen LogP contribution in [-0.4, -0.2) is 11.0 Å². The van der Waals surface area contributed by atoms with Crippen LogP contribution >= 0.6 is 11.6 Å². The maximum absolute atomic E-state index is 12.1. The molecule has 0 aliphatic rings. The number of para-hydroxylation sites is 1. The van der Waals surface area contributed by atoms with Crippen molar-refractivity contribution in [1.29, 1.82) is 0 Å². The lowest BCUT2D eigenvalue weighted by Crippen LogP contribution is -2.16. The fourth-order valence-electron chi connectivity index (χ4n) is 2.31. The third-order valence-electron chi connectivity index (χ3n) is 3.44. The minimum absolute atomic E-state index is 0.0160. The second-order valence-corrected chi connectivity index (χ2v) is 5.66. The van der Waals surface area contributed by atoms with Crippen LogP contribution in [0.15, 0.2) is 48.5 Å². The van der Waals surface area contributed by atoms with Crippen LogP contribution in [0.2, 0.25) is 5.02 Å². The molecule has 0 saturated carbocycles. The Kier molecular flexibility index (Phi) is 5.99. The van der Waals surface area contributed by atoms with E-state index in [4.69, 9.17) is 11.6 Å². The molecular formula is C18H20ClNO2. The summed E-state index contributed by atoms with van der Waals surface area (Å²) in [5.74, 6) is -0.203. The summed E-state index contributed by atoms with van der Waals surface area (Å²) < 4.78 is 0. The predicted molar refractivity (Wildman–Crippen MR) is 90.1 cm³/mol. The fraction of sp³-hybridized carbons (Fsp3) is 0.278. The molecule has 0 fully saturated rings. The summed E-state index contributed by atoms with van der Waals surface area (Å²) in [6, 6.07) is 14.6. The van der Waals surface area contributed by atoms with E-state index in [1.54, 1.807) is 24.3 Å². The van der Waals surface area contributed by atoms with Gasteiger partial charge in [-0.3, -0.25) is 4.79 Å². The molecule has 2 aromatic rings. The van der Waals surface area contributed by atoms with E-state index in [2.05, 4.69) is 12.2 Å². The van der Waals surface area contributed by atoms with Crippen molar-refractivity contribution in [2.75, 3.05) is 5.32 Å². The smallest absolute Gasteiger partial charge is 0.227 e. The summed E-state index contributed by atoms with van der Waals surface area (Å²) in [5, 5.41) is 13.6. The number of rotatable bonds is 6. The number of hydrogen-bond acceptors (Lipinski definition) is 2. The second kappa shape index (κ2) is 7.97. The number of aliphatic hydroxyl groups excluding tert-OH is 1. The van der Waals surface area contributed by atoms with Crippen molar-refractivity contribution in [3.63, 3.8) is 0 Å². The minimum Gasteiger partial charge on any atom is -0.388 e. The predicted octanol–water partition coefficient (Wildman–Crippen LogP) is 4.35. The fourth-order valence-corrected chi connectivity index (χ4v) is 2.44. The zero-order chi connectivity index (χ0) is 15.9. The Morgan fingerprint density at radius 1 is 1.18 bits per heavy atom. The first-order chi connectivity index (χ1) is 10.6. The van der Waals surface area contributed by atoms with Gasteiger partial charge in [0.1, 0.15) is 0 Å². The molecule has 22 heavy (non-hydrogen) atoms. The SMILES string of the molecule is CCCc1ccccc1NC(=O)CC(O)c1ccc(Cl)cc1. The number of aliphatic hydroxyl groups is 1. The lowest BCUT2D eigenvalue weighted by molar-refractivity contribution is -0.118. The van der Waals surface area contributed by atoms with E-state index in [0.717, 1.165) is 24.1 Å². The zero-order valence-electron chi connectivity index (χ0n) is 12.6. The van der Waals surface area contributed by atoms with Crippen LogP contribution in [0, 0.1) is 0 Å². The highest BCUT2D eigenvalue weighted by molar-refractivity contribution is 6.30. The highest BCUT2D eigenvalue weighted by Gasteiger charge is 2.14. The average molecular weight is 318 g/mol. The summed E-state index contributed by atoms with van der Waals surface area (Å²) in [4.78, 5) is 12.1. The standard InChI is InChI=1S/C18H20ClNO2/c1-2-5-13-6-3-4-7-16(13)20-18(22)12-17(21)14-8-10-15(19)11-9-14/h3-4,6-11,17,21H,2,5,12H2,1H3,(H,20,22). The van der Waals surface area contributed by atoms with Crippen LogP contribution in [0.1, 0.15) is 37.0 Å². The summed E-state index contributed by atoms with van der Waals surface area (Å²) in [7, 11) is 0. The molecule has 0 aliphatic heterocycles. The molecule has 116 valence electrons. The van der Waals surface area contributed by atoms with E-state index < -0.39 is 6.10 Å². The van der Waals surface area contributed by atoms with Crippen molar-refractivity contribution in [2.24, 2.45) is 0 Å². The van der Waals surface area contributed by atoms with Gasteiger partial charge in [0.05, 0.1) is 12.5 Å². The first-order valence-electron chi connectivity index (χ1n) is 7.41. The molecule has 0 saturated heterocycles. The Hall–Kier alpha value is -1.84. The Morgan fingerprint density at radius 3 is 2.55 bits per heavy atom. The third kappa shape index (κ3) is 4.58. The maximum atomic E-state index is 12.1. The van der Waals surface area contributed by atoms with Crippen LogP contribution < -0.4 is 5.32 Å². The lowest BCUT2D eigenvalue weighted by atomic mass is 10.1. The van der Waals surface area contributed by atoms with Crippen LogP contribution in [0.5, 0.6) is 0 Å². The first kappa shape index (κ1) is 16.5. The van der Waals surface area contributed by atoms with E-state index in [0.29, 0.717) is 10.6 Å². The molecule has 0 aromatic heterocycles. The molecule has 2 N–H and O–H groups in total. The Morgan fingerprint density at radius 2 is 1.86 bits per heavy atom. The first-order valence-corrected chi connectivity index (χ1v) is 7.79. The van der Waals surface area contributed by atoms with E-state index in [9.17, 15) is 9.90 Å². The molecule has 2 aromatic carbocycles. The van der Waals surface area contributed by atoms with E-state index in [1.807, 2.05) is 24.3 Å². The molecule has 1 atom stereocenters. The van der Waals surface area contributed by atoms with Gasteiger partial charge in [-0.05, 0) is 35.7 Å². The molecule has 0 aliphatic carbocycles. The summed E-state index contributed by atoms with van der Waals surface area (Å²) in [6.45, 7) is 2.10. The van der Waals surface area contributed by atoms with Gasteiger partial charge in [0, 0.05) is 10.7 Å². The van der Waals surface area contributed by atoms with Gasteiger partial charge in [0.2, 0.25) is 5.91 Å². The molecule has 3 nitrogen and oxygen atoms in total. The highest BCUT2D eigenvalue weighted by atomic mass is 35.5. The Bertz CT molecular complexity index is 625. The third-order valence-corrected chi connectivity index (χ3v) is 3.70. The topological polar surface area (TPSA) is 49.3 Å². The Balaban J connectivity index is 1.99. The number of amides is 1. The molecule has 0 radical (unpaired) electrons. The zero-order valence-corrected chi connectivity index (χ0v) is 13.3. The van der Waals surface area contributed by atoms with Crippen molar-refractivity contribution < 1.29 is 9.90 Å². The maximum Gasteiger partial charge on any atom is 0.227 e. The van der Waals surface area contributed by atoms with Gasteiger partial charge in [0.15, 0.2) is 0 Å². The van der Waals surface area contributed by atoms with E-state index in [1.165, 1.54) is 0 Å². The Labute approximate surface area is 135 Å². The summed E-state index contributed by atoms with van der Waals surface area (Å²) in [6.07, 6.45) is 1.11. The van der Waals surface area contributed by atoms with Crippen molar-refractivity contribution in [3.8, 4) is 0 Å². The number of benzene rings is 2. The van der Waals surface area contributed by atoms with Crippen molar-refractivity contribution in [1.82, 2.24) is 0 Å². The van der Waals surface area contributed by atoms with Gasteiger partial charge in [-0.1, -0.05) is 55.3 Å². The van der Waals surface area contributed by atoms with Crippen LogP contribution in [0.25, 0.3) is 0 Å². The van der Waals surface area contributed by atoms with Gasteiger partial charge in [-0.15, -0.1) is 0 Å². The molecule has 1 unspecified atom stereocenters. The van der Waals surface area contributed by atoms with Gasteiger partial charge < -0.3 is 10.4 Å². The number of hydrogen-bond donors (Lipinski definition) is 2. The van der Waals surface area contributed by atoms with Crippen molar-refractivity contribution >= 4 is 23.2 Å². The second-order valence-electron chi connectivity index (χ2n) is 5.23. The molecule has 2 rings (SSSR count). The van der Waals surface area contributed by atoms with Crippen LogP contribution in [0.3, 0.4) is 0 Å². The van der Waals surface area contributed by atoms with Crippen LogP contribution in [-0.2, 0) is 11.2 Å². The lowest BCUT2D eigenvalue weighted by Gasteiger charge is -2.13. The molecule has 4 heteroatoms. The van der Waals surface area contributed by atoms with Crippen LogP contribution in [0.4, 0.5) is 5.69 Å². The highest BCUT2D eigenvalue weighted by Crippen LogP contribution is 2.21. The summed E-state index contributed by atoms with van der Waals surface area (Å²) in [5.41, 5.74) is 2.61. The van der Waals surface area contributed by atoms with Crippen molar-refractivity contribution in [2.45, 2.75) is 32.3 Å². The number of halogens is 1. The normalized spacial score (nSPS) is 12.0. The van der Waals surface area contributed by atoms with Gasteiger partial charge in [0.25, 0.3) is 0 Å². The van der Waals surface area contributed by atoms with Crippen molar-refractivity contribution in [3.05, 3.63) is 64.7 Å². The quantitative estimate of drug-likeness (QED) is 0.832. The number of aryl methyl sites for hydroxylation is 1. The monoisotopic (exact) mass is 317 g/mol. The van der Waals surface area contributed by atoms with Gasteiger partial charge in [-0.25, -0.2) is 0 Å². The molecule has 1 amide bonds. The number of carbonyl (C=O) groups is 1. The van der Waals surface area contributed by atoms with Gasteiger partial charge in [-0.2, -0.15) is 0 Å². The summed E-state index contributed by atoms with van der Waals surface area (Å²) >= 11 is 5.82. The number of carbonyl (C=O) groups excluding carboxylic acids is 1. The molecule has 0 spiro atoms. The molecular weight excluding hydrogens is 298 g/mol. The average Bonchev–Trinajstić information content (AvgIpc) is 2.50. The van der Waals surface area contributed by atoms with E-state index in [-0.39, 0.29) is 12.3 Å². The largest absolute Gasteiger partial charge is 0.388 e. The van der Waals surface area contributed by atoms with E-state index >= 15 is 0 Å². The number of anilines is 1. The van der Waals surface area contributed by atoms with Gasteiger partial charge >= 0.3 is 0 Å². The number of nitrogens with one attached hydrogen (secondary N) is 1. The minimum atomic E-state index is -0.837. The molecule has 0 bridgehead atoms.